The maximum Gasteiger partial charge on any atom is 0.223 e. The van der Waals surface area contributed by atoms with E-state index in [2.05, 4.69) is 31.3 Å². The minimum Gasteiger partial charge on any atom is -0.356 e. The fraction of sp³-hybridized carbons (Fsp3) is 0.588. The van der Waals surface area contributed by atoms with Gasteiger partial charge in [0.15, 0.2) is 0 Å². The number of nitrogens with one attached hydrogen (secondary N) is 2. The van der Waals surface area contributed by atoms with Gasteiger partial charge in [0.2, 0.25) is 5.91 Å². The topological polar surface area (TPSA) is 33.5 Å². The summed E-state index contributed by atoms with van der Waals surface area (Å²) < 4.78 is 0. The fourth-order valence-corrected chi connectivity index (χ4v) is 2.93. The second kappa shape index (κ2) is 7.81. The van der Waals surface area contributed by atoms with E-state index in [1.54, 1.807) is 4.90 Å². The van der Waals surface area contributed by atoms with E-state index >= 15 is 0 Å². The molecule has 1 saturated heterocycles. The van der Waals surface area contributed by atoms with Crippen molar-refractivity contribution in [2.45, 2.75) is 33.2 Å². The lowest BCUT2D eigenvalue weighted by molar-refractivity contribution is -0.919. The molecule has 1 aromatic rings. The summed E-state index contributed by atoms with van der Waals surface area (Å²) in [6.07, 6.45) is 1.99. The molecule has 0 aromatic heterocycles. The molecule has 4 heteroatoms. The number of carbonyl (C=O) groups is 1. The lowest BCUT2D eigenvalue weighted by Crippen LogP contribution is -3.11. The lowest BCUT2D eigenvalue weighted by atomic mass is 9.95. The van der Waals surface area contributed by atoms with Gasteiger partial charge in [-0.1, -0.05) is 37.6 Å². The Balaban J connectivity index is 1.75. The summed E-state index contributed by atoms with van der Waals surface area (Å²) in [6, 6.07) is 8.08. The van der Waals surface area contributed by atoms with Gasteiger partial charge >= 0.3 is 0 Å². The van der Waals surface area contributed by atoms with Gasteiger partial charge in [0.25, 0.3) is 0 Å². The average Bonchev–Trinajstić information content (AvgIpc) is 2.48. The van der Waals surface area contributed by atoms with Crippen molar-refractivity contribution in [1.82, 2.24) is 5.32 Å². The van der Waals surface area contributed by atoms with Gasteiger partial charge in [0.1, 0.15) is 6.54 Å². The molecule has 2 N–H and O–H groups in total. The van der Waals surface area contributed by atoms with Gasteiger partial charge in [0, 0.05) is 35.9 Å². The van der Waals surface area contributed by atoms with Gasteiger partial charge in [-0.2, -0.15) is 0 Å². The number of piperidine rings is 1. The minimum atomic E-state index is 0.206. The molecule has 0 saturated carbocycles. The summed E-state index contributed by atoms with van der Waals surface area (Å²) in [6.45, 7) is 8.21. The van der Waals surface area contributed by atoms with Crippen molar-refractivity contribution >= 4 is 17.5 Å². The predicted octanol–water partition coefficient (Wildman–Crippen LogP) is 1.91. The number of halogens is 1. The molecule has 1 aliphatic rings. The van der Waals surface area contributed by atoms with Crippen molar-refractivity contribution in [3.8, 4) is 0 Å². The number of likely N-dealkylation sites (tertiary alicyclic amines) is 1. The number of hydrogen-bond donors (Lipinski definition) is 2. The molecule has 1 amide bonds. The third kappa shape index (κ3) is 5.33. The highest BCUT2D eigenvalue weighted by Gasteiger charge is 2.27. The summed E-state index contributed by atoms with van der Waals surface area (Å²) in [5.74, 6) is 0.969. The monoisotopic (exact) mass is 309 g/mol. The van der Waals surface area contributed by atoms with Gasteiger partial charge in [-0.15, -0.1) is 0 Å². The second-order valence-electron chi connectivity index (χ2n) is 6.47. The van der Waals surface area contributed by atoms with Gasteiger partial charge in [-0.3, -0.25) is 4.79 Å². The summed E-state index contributed by atoms with van der Waals surface area (Å²) >= 11 is 5.91. The van der Waals surface area contributed by atoms with Crippen molar-refractivity contribution in [3.05, 3.63) is 34.9 Å². The zero-order valence-corrected chi connectivity index (χ0v) is 13.7. The SMILES string of the molecule is CC(C)CNC(=O)C1CC[NH+](Cc2ccc(Cl)cc2)CC1. The molecule has 1 fully saturated rings. The Kier molecular flexibility index (Phi) is 6.07. The highest BCUT2D eigenvalue weighted by atomic mass is 35.5. The minimum absolute atomic E-state index is 0.206. The van der Waals surface area contributed by atoms with Crippen LogP contribution >= 0.6 is 11.6 Å². The summed E-state index contributed by atoms with van der Waals surface area (Å²) in [4.78, 5) is 13.6. The number of hydrogen-bond acceptors (Lipinski definition) is 1. The van der Waals surface area contributed by atoms with Gasteiger partial charge in [0.05, 0.1) is 13.1 Å². The first-order chi connectivity index (χ1) is 10.0. The standard InChI is InChI=1S/C17H25ClN2O/c1-13(2)11-19-17(21)15-7-9-20(10-8-15)12-14-3-5-16(18)6-4-14/h3-6,13,15H,7-12H2,1-2H3,(H,19,21)/p+1. The molecule has 0 aliphatic carbocycles. The van der Waals surface area contributed by atoms with Crippen molar-refractivity contribution in [3.63, 3.8) is 0 Å². The molecule has 0 bridgehead atoms. The van der Waals surface area contributed by atoms with Crippen molar-refractivity contribution in [2.24, 2.45) is 11.8 Å². The van der Waals surface area contributed by atoms with E-state index in [1.807, 2.05) is 12.1 Å². The molecule has 0 atom stereocenters. The Labute approximate surface area is 132 Å². The zero-order valence-electron chi connectivity index (χ0n) is 13.0. The maximum atomic E-state index is 12.1. The lowest BCUT2D eigenvalue weighted by Gasteiger charge is -2.28. The molecule has 3 nitrogen and oxygen atoms in total. The molecule has 21 heavy (non-hydrogen) atoms. The summed E-state index contributed by atoms with van der Waals surface area (Å²) in [5.41, 5.74) is 1.32. The zero-order chi connectivity index (χ0) is 15.2. The molecule has 0 spiro atoms. The molecular weight excluding hydrogens is 284 g/mol. The normalized spacial score (nSPS) is 22.3. The molecule has 0 unspecified atom stereocenters. The van der Waals surface area contributed by atoms with E-state index < -0.39 is 0 Å². The third-order valence-corrected chi connectivity index (χ3v) is 4.37. The molecule has 116 valence electrons. The van der Waals surface area contributed by atoms with E-state index in [0.29, 0.717) is 5.92 Å². The number of rotatable bonds is 5. The Morgan fingerprint density at radius 2 is 1.90 bits per heavy atom. The van der Waals surface area contributed by atoms with Crippen LogP contribution in [0.4, 0.5) is 0 Å². The summed E-state index contributed by atoms with van der Waals surface area (Å²) in [7, 11) is 0. The third-order valence-electron chi connectivity index (χ3n) is 4.12. The molecule has 1 aromatic carbocycles. The number of benzene rings is 1. The van der Waals surface area contributed by atoms with Crippen LogP contribution in [0, 0.1) is 11.8 Å². The van der Waals surface area contributed by atoms with Crippen LogP contribution in [0.3, 0.4) is 0 Å². The van der Waals surface area contributed by atoms with E-state index in [1.165, 1.54) is 5.56 Å². The van der Waals surface area contributed by atoms with Crippen LogP contribution in [0.2, 0.25) is 5.02 Å². The fourth-order valence-electron chi connectivity index (χ4n) is 2.80. The quantitative estimate of drug-likeness (QED) is 0.856. The van der Waals surface area contributed by atoms with Gasteiger partial charge in [-0.05, 0) is 18.1 Å². The van der Waals surface area contributed by atoms with Crippen LogP contribution in [0.25, 0.3) is 0 Å². The molecule has 0 radical (unpaired) electrons. The van der Waals surface area contributed by atoms with Crippen molar-refractivity contribution in [2.75, 3.05) is 19.6 Å². The van der Waals surface area contributed by atoms with Crippen molar-refractivity contribution < 1.29 is 9.69 Å². The second-order valence-corrected chi connectivity index (χ2v) is 6.90. The molecule has 1 heterocycles. The first-order valence-corrected chi connectivity index (χ1v) is 8.28. The summed E-state index contributed by atoms with van der Waals surface area (Å²) in [5, 5.41) is 3.85. The Morgan fingerprint density at radius 1 is 1.29 bits per heavy atom. The number of amides is 1. The van der Waals surface area contributed by atoms with Crippen LogP contribution in [0.15, 0.2) is 24.3 Å². The van der Waals surface area contributed by atoms with E-state index in [0.717, 1.165) is 44.0 Å². The Bertz CT molecular complexity index is 450. The largest absolute Gasteiger partial charge is 0.356 e. The van der Waals surface area contributed by atoms with Gasteiger partial charge < -0.3 is 10.2 Å². The number of carbonyl (C=O) groups excluding carboxylic acids is 1. The average molecular weight is 310 g/mol. The molecule has 2 rings (SSSR count). The van der Waals surface area contributed by atoms with Crippen LogP contribution in [-0.4, -0.2) is 25.5 Å². The molecule has 1 aliphatic heterocycles. The predicted molar refractivity (Wildman–Crippen MR) is 86.4 cm³/mol. The highest BCUT2D eigenvalue weighted by Crippen LogP contribution is 2.11. The van der Waals surface area contributed by atoms with Crippen LogP contribution in [0.1, 0.15) is 32.3 Å². The maximum absolute atomic E-state index is 12.1. The van der Waals surface area contributed by atoms with Crippen LogP contribution in [-0.2, 0) is 11.3 Å². The Morgan fingerprint density at radius 3 is 2.48 bits per heavy atom. The first kappa shape index (κ1) is 16.3. The number of quaternary nitrogens is 1. The first-order valence-electron chi connectivity index (χ1n) is 7.90. The Hall–Kier alpha value is -1.06. The van der Waals surface area contributed by atoms with Crippen LogP contribution in [0.5, 0.6) is 0 Å². The molecular formula is C17H26ClN2O+. The van der Waals surface area contributed by atoms with Crippen molar-refractivity contribution in [1.29, 1.82) is 0 Å². The van der Waals surface area contributed by atoms with Gasteiger partial charge in [-0.25, -0.2) is 0 Å². The highest BCUT2D eigenvalue weighted by molar-refractivity contribution is 6.30. The van der Waals surface area contributed by atoms with Crippen LogP contribution < -0.4 is 10.2 Å². The van der Waals surface area contributed by atoms with E-state index in [-0.39, 0.29) is 11.8 Å². The van der Waals surface area contributed by atoms with E-state index in [4.69, 9.17) is 11.6 Å². The van der Waals surface area contributed by atoms with E-state index in [9.17, 15) is 4.79 Å². The smallest absolute Gasteiger partial charge is 0.223 e.